The summed E-state index contributed by atoms with van der Waals surface area (Å²) in [5.74, 6) is 1.74. The van der Waals surface area contributed by atoms with Crippen LogP contribution in [0.2, 0.25) is 0 Å². The van der Waals surface area contributed by atoms with Crippen LogP contribution in [-0.4, -0.2) is 20.3 Å². The summed E-state index contributed by atoms with van der Waals surface area (Å²) in [5.41, 5.74) is 2.15. The van der Waals surface area contributed by atoms with E-state index in [4.69, 9.17) is 4.52 Å². The van der Waals surface area contributed by atoms with E-state index in [1.54, 1.807) is 0 Å². The molecule has 0 radical (unpaired) electrons. The van der Waals surface area contributed by atoms with Gasteiger partial charge in [0.2, 0.25) is 16.8 Å². The molecule has 1 N–H and O–H groups in total. The number of benzene rings is 2. The summed E-state index contributed by atoms with van der Waals surface area (Å²) in [4.78, 5) is 4.42. The monoisotopic (exact) mass is 381 g/mol. The van der Waals surface area contributed by atoms with E-state index in [1.165, 1.54) is 28.7 Å². The van der Waals surface area contributed by atoms with Crippen molar-refractivity contribution in [3.63, 3.8) is 0 Å². The highest BCUT2D eigenvalue weighted by atomic mass is 32.2. The highest BCUT2D eigenvalue weighted by Crippen LogP contribution is 2.28. The Morgan fingerprint density at radius 2 is 1.73 bits per heavy atom. The zero-order valence-corrected chi connectivity index (χ0v) is 15.3. The first kappa shape index (κ1) is 16.7. The Hall–Kier alpha value is -2.71. The molecule has 4 aromatic rings. The normalized spacial score (nSPS) is 10.8. The number of rotatable bonds is 7. The third-order valence-electron chi connectivity index (χ3n) is 3.51. The predicted molar refractivity (Wildman–Crippen MR) is 103 cm³/mol. The van der Waals surface area contributed by atoms with Gasteiger partial charge in [-0.1, -0.05) is 88.9 Å². The molecule has 0 unspecified atom stereocenters. The van der Waals surface area contributed by atoms with E-state index < -0.39 is 0 Å². The minimum Gasteiger partial charge on any atom is -0.356 e. The maximum atomic E-state index is 5.31. The summed E-state index contributed by atoms with van der Waals surface area (Å²) < 4.78 is 6.17. The Labute approximate surface area is 158 Å². The van der Waals surface area contributed by atoms with Crippen molar-refractivity contribution >= 4 is 28.2 Å². The molecule has 0 aliphatic heterocycles. The van der Waals surface area contributed by atoms with Crippen molar-refractivity contribution < 1.29 is 4.52 Å². The van der Waals surface area contributed by atoms with Crippen molar-refractivity contribution in [3.8, 4) is 11.4 Å². The van der Waals surface area contributed by atoms with Crippen LogP contribution in [-0.2, 0) is 12.3 Å². The first-order valence-electron chi connectivity index (χ1n) is 7.99. The Balaban J connectivity index is 1.31. The molecule has 0 saturated heterocycles. The fourth-order valence-electron chi connectivity index (χ4n) is 2.25. The first-order valence-corrected chi connectivity index (χ1v) is 9.79. The van der Waals surface area contributed by atoms with Gasteiger partial charge in [-0.3, -0.25) is 0 Å². The minimum absolute atomic E-state index is 0.563. The number of nitrogens with one attached hydrogen (secondary N) is 1. The molecule has 0 fully saturated rings. The second kappa shape index (κ2) is 8.11. The number of nitrogens with zero attached hydrogens (tertiary/aromatic N) is 4. The first-order chi connectivity index (χ1) is 12.9. The maximum absolute atomic E-state index is 5.31. The van der Waals surface area contributed by atoms with E-state index in [1.807, 2.05) is 48.5 Å². The smallest absolute Gasteiger partial charge is 0.237 e. The summed E-state index contributed by atoms with van der Waals surface area (Å²) in [6.45, 7) is 0.726. The lowest BCUT2D eigenvalue weighted by atomic mass is 10.2. The van der Waals surface area contributed by atoms with Crippen molar-refractivity contribution in [2.75, 3.05) is 5.32 Å². The number of hydrogen-bond donors (Lipinski definition) is 1. The van der Waals surface area contributed by atoms with Crippen molar-refractivity contribution in [1.82, 2.24) is 20.3 Å². The standard InChI is InChI=1S/C18H15N5OS2/c1-3-7-13(8-4-1)11-19-17-21-22-18(26-17)25-12-15-20-16(23-24-15)14-9-5-2-6-10-14/h1-10H,11-12H2,(H,19,21). The Bertz CT molecular complexity index is 956. The van der Waals surface area contributed by atoms with Gasteiger partial charge in [0.05, 0.1) is 5.75 Å². The molecule has 4 rings (SSSR count). The summed E-state index contributed by atoms with van der Waals surface area (Å²) in [6, 6.07) is 20.0. The zero-order chi connectivity index (χ0) is 17.6. The fraction of sp³-hybridized carbons (Fsp3) is 0.111. The van der Waals surface area contributed by atoms with E-state index in [2.05, 4.69) is 37.8 Å². The number of thioether (sulfide) groups is 1. The van der Waals surface area contributed by atoms with Gasteiger partial charge in [0, 0.05) is 12.1 Å². The molecule has 0 aliphatic rings. The highest BCUT2D eigenvalue weighted by Gasteiger charge is 2.11. The third-order valence-corrected chi connectivity index (χ3v) is 5.51. The lowest BCUT2D eigenvalue weighted by molar-refractivity contribution is 0.391. The molecule has 8 heteroatoms. The van der Waals surface area contributed by atoms with E-state index >= 15 is 0 Å². The number of hydrogen-bond acceptors (Lipinski definition) is 8. The van der Waals surface area contributed by atoms with E-state index in [-0.39, 0.29) is 0 Å². The topological polar surface area (TPSA) is 76.7 Å². The lowest BCUT2D eigenvalue weighted by Gasteiger charge is -2.00. The predicted octanol–water partition coefficient (Wildman–Crippen LogP) is 4.49. The van der Waals surface area contributed by atoms with Gasteiger partial charge >= 0.3 is 0 Å². The molecule has 2 aromatic heterocycles. The van der Waals surface area contributed by atoms with Gasteiger partial charge in [-0.25, -0.2) is 0 Å². The molecule has 0 atom stereocenters. The van der Waals surface area contributed by atoms with E-state index in [9.17, 15) is 0 Å². The van der Waals surface area contributed by atoms with Gasteiger partial charge in [0.1, 0.15) is 0 Å². The molecule has 130 valence electrons. The van der Waals surface area contributed by atoms with Crippen LogP contribution in [0.3, 0.4) is 0 Å². The molecule has 0 amide bonds. The van der Waals surface area contributed by atoms with Crippen molar-refractivity contribution in [2.24, 2.45) is 0 Å². The van der Waals surface area contributed by atoms with Crippen molar-refractivity contribution in [3.05, 3.63) is 72.1 Å². The van der Waals surface area contributed by atoms with Crippen LogP contribution in [0.4, 0.5) is 5.13 Å². The van der Waals surface area contributed by atoms with E-state index in [0.717, 1.165) is 21.6 Å². The quantitative estimate of drug-likeness (QED) is 0.473. The molecular weight excluding hydrogens is 366 g/mol. The molecule has 0 spiro atoms. The molecule has 2 heterocycles. The fourth-order valence-corrected chi connectivity index (χ4v) is 3.84. The van der Waals surface area contributed by atoms with Crippen LogP contribution in [0, 0.1) is 0 Å². The average molecular weight is 381 g/mol. The molecule has 0 aliphatic carbocycles. The van der Waals surface area contributed by atoms with Crippen LogP contribution in [0.1, 0.15) is 11.5 Å². The van der Waals surface area contributed by atoms with Crippen LogP contribution >= 0.6 is 23.1 Å². The van der Waals surface area contributed by atoms with Gasteiger partial charge in [-0.2, -0.15) is 4.98 Å². The van der Waals surface area contributed by atoms with Crippen LogP contribution in [0.5, 0.6) is 0 Å². The van der Waals surface area contributed by atoms with E-state index in [0.29, 0.717) is 17.5 Å². The highest BCUT2D eigenvalue weighted by molar-refractivity contribution is 8.00. The van der Waals surface area contributed by atoms with Crippen LogP contribution in [0.25, 0.3) is 11.4 Å². The number of anilines is 1. The summed E-state index contributed by atoms with van der Waals surface area (Å²) in [6.07, 6.45) is 0. The van der Waals surface area contributed by atoms with Crippen molar-refractivity contribution in [1.29, 1.82) is 0 Å². The third kappa shape index (κ3) is 4.27. The average Bonchev–Trinajstić information content (AvgIpc) is 3.36. The molecule has 2 aromatic carbocycles. The molecule has 0 saturated carbocycles. The molecule has 0 bridgehead atoms. The largest absolute Gasteiger partial charge is 0.356 e. The van der Waals surface area contributed by atoms with Gasteiger partial charge in [0.15, 0.2) is 4.34 Å². The summed E-state index contributed by atoms with van der Waals surface area (Å²) >= 11 is 3.05. The molecule has 26 heavy (non-hydrogen) atoms. The second-order valence-corrected chi connectivity index (χ2v) is 7.58. The zero-order valence-electron chi connectivity index (χ0n) is 13.7. The van der Waals surface area contributed by atoms with Crippen molar-refractivity contribution in [2.45, 2.75) is 16.6 Å². The lowest BCUT2D eigenvalue weighted by Crippen LogP contribution is -1.98. The Morgan fingerprint density at radius 3 is 2.54 bits per heavy atom. The van der Waals surface area contributed by atoms with Crippen LogP contribution < -0.4 is 5.32 Å². The Morgan fingerprint density at radius 1 is 0.962 bits per heavy atom. The van der Waals surface area contributed by atoms with Gasteiger partial charge in [-0.15, -0.1) is 10.2 Å². The SMILES string of the molecule is c1ccc(CNc2nnc(SCc3nc(-c4ccccc4)no3)s2)cc1. The minimum atomic E-state index is 0.563. The number of aromatic nitrogens is 4. The summed E-state index contributed by atoms with van der Waals surface area (Å²) in [5, 5.41) is 16.5. The second-order valence-electron chi connectivity index (χ2n) is 5.38. The Kier molecular flexibility index (Phi) is 5.22. The maximum Gasteiger partial charge on any atom is 0.237 e. The molecular formula is C18H15N5OS2. The van der Waals surface area contributed by atoms with Gasteiger partial charge in [-0.05, 0) is 5.56 Å². The summed E-state index contributed by atoms with van der Waals surface area (Å²) in [7, 11) is 0. The molecule has 6 nitrogen and oxygen atoms in total. The van der Waals surface area contributed by atoms with Gasteiger partial charge in [0.25, 0.3) is 0 Å². The van der Waals surface area contributed by atoms with Gasteiger partial charge < -0.3 is 9.84 Å². The van der Waals surface area contributed by atoms with Crippen LogP contribution in [0.15, 0.2) is 69.5 Å².